The Bertz CT molecular complexity index is 1170. The number of rotatable bonds is 7. The van der Waals surface area contributed by atoms with Gasteiger partial charge in [-0.3, -0.25) is 4.79 Å². The number of nitrogens with zero attached hydrogens (tertiary/aromatic N) is 4. The topological polar surface area (TPSA) is 111 Å². The van der Waals surface area contributed by atoms with Crippen LogP contribution in [0.1, 0.15) is 52.5 Å². The first-order valence-electron chi connectivity index (χ1n) is 10.8. The normalized spacial score (nSPS) is 15.2. The maximum atomic E-state index is 12.7. The van der Waals surface area contributed by atoms with Crippen LogP contribution in [0.4, 0.5) is 10.7 Å². The van der Waals surface area contributed by atoms with Crippen LogP contribution in [0.15, 0.2) is 24.3 Å². The van der Waals surface area contributed by atoms with Crippen LogP contribution < -0.4 is 10.6 Å². The Morgan fingerprint density at radius 3 is 2.91 bits per heavy atom. The zero-order valence-corrected chi connectivity index (χ0v) is 18.6. The molecular formula is C22H24N6O3S. The zero-order chi connectivity index (χ0) is 22.1. The molecule has 5 rings (SSSR count). The predicted octanol–water partition coefficient (Wildman–Crippen LogP) is 3.45. The second kappa shape index (κ2) is 8.70. The molecule has 0 radical (unpaired) electrons. The third kappa shape index (κ3) is 4.10. The number of amides is 1. The predicted molar refractivity (Wildman–Crippen MR) is 121 cm³/mol. The fourth-order valence-corrected chi connectivity index (χ4v) is 5.34. The summed E-state index contributed by atoms with van der Waals surface area (Å²) in [5.41, 5.74) is 3.22. The van der Waals surface area contributed by atoms with E-state index in [1.54, 1.807) is 0 Å². The van der Waals surface area contributed by atoms with Gasteiger partial charge in [-0.15, -0.1) is 16.4 Å². The minimum Gasteiger partial charge on any atom is -0.465 e. The van der Waals surface area contributed by atoms with E-state index in [4.69, 9.17) is 4.74 Å². The van der Waals surface area contributed by atoms with E-state index in [0.717, 1.165) is 61.2 Å². The van der Waals surface area contributed by atoms with Gasteiger partial charge in [0.05, 0.1) is 25.3 Å². The summed E-state index contributed by atoms with van der Waals surface area (Å²) in [6.07, 6.45) is 6.11. The molecule has 1 fully saturated rings. The van der Waals surface area contributed by atoms with Gasteiger partial charge < -0.3 is 15.4 Å². The summed E-state index contributed by atoms with van der Waals surface area (Å²) in [4.78, 5) is 26.2. The lowest BCUT2D eigenvalue weighted by Crippen LogP contribution is -2.22. The smallest absolute Gasteiger partial charge is 0.341 e. The van der Waals surface area contributed by atoms with Crippen LogP contribution in [0, 0.1) is 0 Å². The van der Waals surface area contributed by atoms with Gasteiger partial charge >= 0.3 is 5.97 Å². The van der Waals surface area contributed by atoms with Crippen molar-refractivity contribution in [1.82, 2.24) is 20.2 Å². The number of nitrogens with one attached hydrogen (secondary N) is 2. The third-order valence-electron chi connectivity index (χ3n) is 5.77. The molecule has 1 saturated carbocycles. The van der Waals surface area contributed by atoms with Crippen molar-refractivity contribution < 1.29 is 14.3 Å². The van der Waals surface area contributed by atoms with Gasteiger partial charge in [-0.05, 0) is 66.6 Å². The number of aryl methyl sites for hydroxylation is 1. The number of ether oxygens (including phenoxy) is 1. The Morgan fingerprint density at radius 2 is 2.09 bits per heavy atom. The summed E-state index contributed by atoms with van der Waals surface area (Å²) in [6, 6.07) is 8.06. The number of aromatic nitrogens is 4. The molecule has 9 nitrogen and oxygen atoms in total. The molecule has 32 heavy (non-hydrogen) atoms. The number of thiophene rings is 1. The Hall–Kier alpha value is -3.27. The molecule has 1 aromatic carbocycles. The molecule has 0 atom stereocenters. The first-order chi connectivity index (χ1) is 15.6. The number of carbonyl (C=O) groups excluding carboxylic acids is 2. The molecule has 166 valence electrons. The lowest BCUT2D eigenvalue weighted by Gasteiger charge is -2.12. The maximum Gasteiger partial charge on any atom is 0.341 e. The molecule has 0 aliphatic heterocycles. The lowest BCUT2D eigenvalue weighted by molar-refractivity contribution is -0.114. The number of anilines is 2. The lowest BCUT2D eigenvalue weighted by atomic mass is 9.95. The Morgan fingerprint density at radius 1 is 1.25 bits per heavy atom. The van der Waals surface area contributed by atoms with Gasteiger partial charge in [0.1, 0.15) is 5.00 Å². The van der Waals surface area contributed by atoms with Gasteiger partial charge in [0, 0.05) is 16.1 Å². The van der Waals surface area contributed by atoms with E-state index in [2.05, 4.69) is 26.2 Å². The van der Waals surface area contributed by atoms with Crippen molar-refractivity contribution in [3.63, 3.8) is 0 Å². The second-order valence-electron chi connectivity index (χ2n) is 8.07. The molecule has 2 aliphatic carbocycles. The van der Waals surface area contributed by atoms with Gasteiger partial charge in [-0.25, -0.2) is 9.48 Å². The van der Waals surface area contributed by atoms with E-state index in [1.165, 1.54) is 23.3 Å². The summed E-state index contributed by atoms with van der Waals surface area (Å²) in [5.74, 6) is 0.114. The second-order valence-corrected chi connectivity index (χ2v) is 9.17. The van der Waals surface area contributed by atoms with Gasteiger partial charge in [0.15, 0.2) is 5.82 Å². The van der Waals surface area contributed by atoms with Gasteiger partial charge in [0.25, 0.3) is 0 Å². The monoisotopic (exact) mass is 452 g/mol. The fraction of sp³-hybridized carbons (Fsp3) is 0.409. The summed E-state index contributed by atoms with van der Waals surface area (Å²) in [7, 11) is 1.37. The van der Waals surface area contributed by atoms with E-state index < -0.39 is 5.97 Å². The average Bonchev–Trinajstić information content (AvgIpc) is 3.42. The van der Waals surface area contributed by atoms with E-state index in [0.29, 0.717) is 16.6 Å². The van der Waals surface area contributed by atoms with Crippen molar-refractivity contribution in [2.75, 3.05) is 24.3 Å². The van der Waals surface area contributed by atoms with Gasteiger partial charge in [-0.2, -0.15) is 0 Å². The molecule has 3 aromatic rings. The van der Waals surface area contributed by atoms with Crippen molar-refractivity contribution >= 4 is 33.9 Å². The molecule has 10 heteroatoms. The molecular weight excluding hydrogens is 428 g/mol. The van der Waals surface area contributed by atoms with Crippen LogP contribution in [0.2, 0.25) is 0 Å². The summed E-state index contributed by atoms with van der Waals surface area (Å²) < 4.78 is 6.83. The molecule has 2 N–H and O–H groups in total. The molecule has 0 saturated heterocycles. The number of tetrazole rings is 1. The van der Waals surface area contributed by atoms with Crippen LogP contribution in [-0.4, -0.2) is 45.7 Å². The SMILES string of the molecule is COC(=O)c1c(NC(=O)CNc2cccc(-c3nnnn3C3CC3)c2)sc2c1CCCC2. The largest absolute Gasteiger partial charge is 0.465 e. The molecule has 2 aromatic heterocycles. The van der Waals surface area contributed by atoms with Crippen LogP contribution in [-0.2, 0) is 22.4 Å². The van der Waals surface area contributed by atoms with Crippen molar-refractivity contribution in [1.29, 1.82) is 0 Å². The zero-order valence-electron chi connectivity index (χ0n) is 17.8. The standard InChI is InChI=1S/C22H24N6O3S/c1-31-22(30)19-16-7-2-3-8-17(16)32-21(19)24-18(29)12-23-14-6-4-5-13(11-14)20-25-26-27-28(20)15-9-10-15/h4-6,11,15,23H,2-3,7-10,12H2,1H3,(H,24,29). The maximum absolute atomic E-state index is 12.7. The van der Waals surface area contributed by atoms with E-state index >= 15 is 0 Å². The quantitative estimate of drug-likeness (QED) is 0.528. The first-order valence-corrected chi connectivity index (χ1v) is 11.6. The molecule has 2 heterocycles. The number of hydrogen-bond donors (Lipinski definition) is 2. The number of hydrogen-bond acceptors (Lipinski definition) is 8. The number of fused-ring (bicyclic) bond motifs is 1. The van der Waals surface area contributed by atoms with Crippen LogP contribution in [0.3, 0.4) is 0 Å². The molecule has 2 aliphatic rings. The molecule has 1 amide bonds. The molecule has 0 spiro atoms. The highest BCUT2D eigenvalue weighted by Gasteiger charge is 2.28. The first kappa shape index (κ1) is 20.6. The van der Waals surface area contributed by atoms with Crippen LogP contribution in [0.25, 0.3) is 11.4 Å². The van der Waals surface area contributed by atoms with E-state index in [1.807, 2.05) is 28.9 Å². The highest BCUT2D eigenvalue weighted by molar-refractivity contribution is 7.17. The van der Waals surface area contributed by atoms with Crippen LogP contribution >= 0.6 is 11.3 Å². The van der Waals surface area contributed by atoms with Crippen molar-refractivity contribution in [3.05, 3.63) is 40.3 Å². The highest BCUT2D eigenvalue weighted by atomic mass is 32.1. The van der Waals surface area contributed by atoms with Gasteiger partial charge in [0.2, 0.25) is 5.91 Å². The Labute approximate surface area is 189 Å². The summed E-state index contributed by atoms with van der Waals surface area (Å²) >= 11 is 1.48. The van der Waals surface area contributed by atoms with E-state index in [9.17, 15) is 9.59 Å². The Kier molecular flexibility index (Phi) is 5.60. The Balaban J connectivity index is 1.27. The molecule has 0 bridgehead atoms. The fourth-order valence-electron chi connectivity index (χ4n) is 4.04. The number of esters is 1. The van der Waals surface area contributed by atoms with Crippen molar-refractivity contribution in [2.24, 2.45) is 0 Å². The van der Waals surface area contributed by atoms with Crippen molar-refractivity contribution in [2.45, 2.75) is 44.6 Å². The number of methoxy groups -OCH3 is 1. The minimum absolute atomic E-state index is 0.0696. The van der Waals surface area contributed by atoms with E-state index in [-0.39, 0.29) is 12.5 Å². The summed E-state index contributed by atoms with van der Waals surface area (Å²) in [6.45, 7) is 0.0696. The van der Waals surface area contributed by atoms with Gasteiger partial charge in [-0.1, -0.05) is 12.1 Å². The minimum atomic E-state index is -0.395. The average molecular weight is 453 g/mol. The third-order valence-corrected chi connectivity index (χ3v) is 6.98. The molecule has 0 unspecified atom stereocenters. The highest BCUT2D eigenvalue weighted by Crippen LogP contribution is 2.39. The van der Waals surface area contributed by atoms with Crippen molar-refractivity contribution in [3.8, 4) is 11.4 Å². The number of carbonyl (C=O) groups is 2. The summed E-state index contributed by atoms with van der Waals surface area (Å²) in [5, 5.41) is 18.7. The number of benzene rings is 1. The van der Waals surface area contributed by atoms with Crippen LogP contribution in [0.5, 0.6) is 0 Å².